The zero-order valence-corrected chi connectivity index (χ0v) is 6.20. The molecular weight excluding hydrogens is 134 g/mol. The highest BCUT2D eigenvalue weighted by Crippen LogP contribution is 2.55. The number of nitrogens with zero attached hydrogens (tertiary/aromatic N) is 1. The van der Waals surface area contributed by atoms with Crippen molar-refractivity contribution < 1.29 is 0 Å². The van der Waals surface area contributed by atoms with E-state index in [1.165, 1.54) is 12.0 Å². The maximum atomic E-state index is 4.53. The summed E-state index contributed by atoms with van der Waals surface area (Å²) in [5, 5.41) is 0. The van der Waals surface area contributed by atoms with Gasteiger partial charge in [-0.1, -0.05) is 24.3 Å². The van der Waals surface area contributed by atoms with Crippen molar-refractivity contribution >= 4 is 6.21 Å². The summed E-state index contributed by atoms with van der Waals surface area (Å²) in [4.78, 5) is 4.53. The molecule has 0 N–H and O–H groups in total. The van der Waals surface area contributed by atoms with Gasteiger partial charge < -0.3 is 0 Å². The molecule has 1 spiro atoms. The molecular formula is C10H9N. The third kappa shape index (κ3) is 0.543. The minimum atomic E-state index is 0.198. The first-order chi connectivity index (χ1) is 5.42. The summed E-state index contributed by atoms with van der Waals surface area (Å²) in [7, 11) is 0. The molecule has 2 aliphatic carbocycles. The van der Waals surface area contributed by atoms with Crippen LogP contribution < -0.4 is 0 Å². The van der Waals surface area contributed by atoms with E-state index in [1.807, 2.05) is 12.3 Å². The van der Waals surface area contributed by atoms with Crippen LogP contribution in [-0.2, 0) is 0 Å². The van der Waals surface area contributed by atoms with Crippen molar-refractivity contribution in [3.05, 3.63) is 36.0 Å². The number of hydrogen-bond donors (Lipinski definition) is 0. The van der Waals surface area contributed by atoms with Gasteiger partial charge in [-0.3, -0.25) is 4.99 Å². The van der Waals surface area contributed by atoms with Gasteiger partial charge in [0.2, 0.25) is 0 Å². The van der Waals surface area contributed by atoms with E-state index in [0.717, 1.165) is 0 Å². The first kappa shape index (κ1) is 5.53. The predicted octanol–water partition coefficient (Wildman–Crippen LogP) is 1.88. The van der Waals surface area contributed by atoms with Crippen molar-refractivity contribution in [1.82, 2.24) is 0 Å². The molecule has 1 heterocycles. The van der Waals surface area contributed by atoms with Crippen molar-refractivity contribution in [3.63, 3.8) is 0 Å². The molecule has 0 amide bonds. The summed E-state index contributed by atoms with van der Waals surface area (Å²) in [6.07, 6.45) is 13.9. The van der Waals surface area contributed by atoms with Crippen LogP contribution >= 0.6 is 0 Å². The minimum absolute atomic E-state index is 0.198. The van der Waals surface area contributed by atoms with Crippen molar-refractivity contribution in [2.75, 3.05) is 0 Å². The van der Waals surface area contributed by atoms with Crippen LogP contribution in [0.15, 0.2) is 40.9 Å². The molecule has 1 fully saturated rings. The molecule has 54 valence electrons. The van der Waals surface area contributed by atoms with Crippen molar-refractivity contribution in [2.24, 2.45) is 10.9 Å². The van der Waals surface area contributed by atoms with Crippen molar-refractivity contribution in [1.29, 1.82) is 0 Å². The number of dihydropyridines is 1. The van der Waals surface area contributed by atoms with E-state index in [-0.39, 0.29) is 5.54 Å². The number of allylic oxidation sites excluding steroid dienone is 3. The standard InChI is InChI=1S/C10H9N/c1-3-8-5-2-6-11-10(8)7-9(10)4-1/h1-6,9H,7H2. The second kappa shape index (κ2) is 1.55. The molecule has 11 heavy (non-hydrogen) atoms. The van der Waals surface area contributed by atoms with Crippen LogP contribution in [0.3, 0.4) is 0 Å². The van der Waals surface area contributed by atoms with Gasteiger partial charge in [0.15, 0.2) is 0 Å². The van der Waals surface area contributed by atoms with Crippen LogP contribution in [0.4, 0.5) is 0 Å². The maximum absolute atomic E-state index is 4.53. The molecule has 1 heteroatoms. The van der Waals surface area contributed by atoms with Crippen molar-refractivity contribution in [2.45, 2.75) is 12.0 Å². The summed E-state index contributed by atoms with van der Waals surface area (Å²) >= 11 is 0. The highest BCUT2D eigenvalue weighted by Gasteiger charge is 2.55. The van der Waals surface area contributed by atoms with E-state index in [0.29, 0.717) is 5.92 Å². The number of rotatable bonds is 0. The van der Waals surface area contributed by atoms with Crippen LogP contribution in [0.2, 0.25) is 0 Å². The molecule has 0 saturated heterocycles. The Morgan fingerprint density at radius 3 is 3.36 bits per heavy atom. The van der Waals surface area contributed by atoms with Gasteiger partial charge in [-0.25, -0.2) is 0 Å². The van der Waals surface area contributed by atoms with Gasteiger partial charge >= 0.3 is 0 Å². The van der Waals surface area contributed by atoms with Gasteiger partial charge in [0.05, 0.1) is 5.54 Å². The molecule has 2 atom stereocenters. The third-order valence-corrected chi connectivity index (χ3v) is 2.77. The van der Waals surface area contributed by atoms with Gasteiger partial charge in [-0.05, 0) is 18.1 Å². The van der Waals surface area contributed by atoms with Gasteiger partial charge in [0.25, 0.3) is 0 Å². The Balaban J connectivity index is 2.18. The quantitative estimate of drug-likeness (QED) is 0.491. The number of aliphatic imine (C=N–C) groups is 1. The third-order valence-electron chi connectivity index (χ3n) is 2.77. The summed E-state index contributed by atoms with van der Waals surface area (Å²) in [5.74, 6) is 0.698. The second-order valence-corrected chi connectivity index (χ2v) is 3.38. The zero-order valence-electron chi connectivity index (χ0n) is 6.20. The fourth-order valence-electron chi connectivity index (χ4n) is 2.02. The van der Waals surface area contributed by atoms with Gasteiger partial charge in [0, 0.05) is 12.1 Å². The van der Waals surface area contributed by atoms with E-state index in [4.69, 9.17) is 0 Å². The lowest BCUT2D eigenvalue weighted by atomic mass is 9.96. The monoisotopic (exact) mass is 143 g/mol. The van der Waals surface area contributed by atoms with E-state index < -0.39 is 0 Å². The first-order valence-electron chi connectivity index (χ1n) is 4.03. The molecule has 1 saturated carbocycles. The highest BCUT2D eigenvalue weighted by molar-refractivity contribution is 5.77. The Kier molecular flexibility index (Phi) is 0.780. The normalized spacial score (nSPS) is 42.9. The Bertz CT molecular complexity index is 320. The molecule has 1 nitrogen and oxygen atoms in total. The number of hydrogen-bond acceptors (Lipinski definition) is 1. The fraction of sp³-hybridized carbons (Fsp3) is 0.300. The molecule has 0 aromatic rings. The van der Waals surface area contributed by atoms with Gasteiger partial charge in [-0.15, -0.1) is 0 Å². The summed E-state index contributed by atoms with van der Waals surface area (Å²) in [6, 6.07) is 0. The summed E-state index contributed by atoms with van der Waals surface area (Å²) < 4.78 is 0. The highest BCUT2D eigenvalue weighted by atomic mass is 15.0. The van der Waals surface area contributed by atoms with Crippen LogP contribution in [0.1, 0.15) is 6.42 Å². The smallest absolute Gasteiger partial charge is 0.0926 e. The average Bonchev–Trinajstić information content (AvgIpc) is 2.75. The average molecular weight is 143 g/mol. The Hall–Kier alpha value is -1.11. The maximum Gasteiger partial charge on any atom is 0.0926 e. The first-order valence-corrected chi connectivity index (χ1v) is 4.03. The molecule has 0 aromatic heterocycles. The van der Waals surface area contributed by atoms with E-state index >= 15 is 0 Å². The molecule has 2 unspecified atom stereocenters. The summed E-state index contributed by atoms with van der Waals surface area (Å²) in [6.45, 7) is 0. The minimum Gasteiger partial charge on any atom is -0.281 e. The van der Waals surface area contributed by atoms with Crippen LogP contribution in [0.25, 0.3) is 0 Å². The largest absolute Gasteiger partial charge is 0.281 e. The molecule has 3 rings (SSSR count). The van der Waals surface area contributed by atoms with E-state index in [9.17, 15) is 0 Å². The molecule has 0 radical (unpaired) electrons. The van der Waals surface area contributed by atoms with E-state index in [2.05, 4.69) is 29.3 Å². The summed E-state index contributed by atoms with van der Waals surface area (Å²) in [5.41, 5.74) is 1.59. The van der Waals surface area contributed by atoms with Crippen LogP contribution in [0.5, 0.6) is 0 Å². The van der Waals surface area contributed by atoms with Gasteiger partial charge in [0.1, 0.15) is 0 Å². The van der Waals surface area contributed by atoms with Gasteiger partial charge in [-0.2, -0.15) is 0 Å². The fourth-order valence-corrected chi connectivity index (χ4v) is 2.02. The van der Waals surface area contributed by atoms with Crippen molar-refractivity contribution in [3.8, 4) is 0 Å². The molecule has 1 aliphatic heterocycles. The lowest BCUT2D eigenvalue weighted by Crippen LogP contribution is -2.15. The molecule has 0 bridgehead atoms. The molecule has 3 aliphatic rings. The zero-order chi connectivity index (χ0) is 7.31. The van der Waals surface area contributed by atoms with Crippen LogP contribution in [0, 0.1) is 5.92 Å². The Labute approximate surface area is 65.8 Å². The Morgan fingerprint density at radius 2 is 2.45 bits per heavy atom. The lowest BCUT2D eigenvalue weighted by molar-refractivity contribution is 0.759. The SMILES string of the molecule is C1=CC2=CC=CC3CC23N=C1. The van der Waals surface area contributed by atoms with E-state index in [1.54, 1.807) is 0 Å². The lowest BCUT2D eigenvalue weighted by Gasteiger charge is -2.17. The topological polar surface area (TPSA) is 12.4 Å². The predicted molar refractivity (Wildman–Crippen MR) is 45.7 cm³/mol. The van der Waals surface area contributed by atoms with Crippen LogP contribution in [-0.4, -0.2) is 11.8 Å². The molecule has 0 aromatic carbocycles. The second-order valence-electron chi connectivity index (χ2n) is 3.38. The Morgan fingerprint density at radius 1 is 1.45 bits per heavy atom.